The number of ether oxygens (including phenoxy) is 1. The van der Waals surface area contributed by atoms with Crippen LogP contribution in [0.5, 0.6) is 5.75 Å². The predicted octanol–water partition coefficient (Wildman–Crippen LogP) is 2.49. The molecule has 1 aromatic carbocycles. The molecule has 0 spiro atoms. The second kappa shape index (κ2) is 5.34. The van der Waals surface area contributed by atoms with Crippen LogP contribution in [0.15, 0.2) is 18.2 Å². The molecule has 0 aromatic heterocycles. The Bertz CT molecular complexity index is 350. The minimum Gasteiger partial charge on any atom is -0.507 e. The van der Waals surface area contributed by atoms with E-state index in [4.69, 9.17) is 4.74 Å². The van der Waals surface area contributed by atoms with E-state index < -0.39 is 17.5 Å². The molecule has 0 fully saturated rings. The number of carbonyl (C=O) groups excluding carboxylic acids is 1. The van der Waals surface area contributed by atoms with Crippen molar-refractivity contribution in [1.29, 1.82) is 0 Å². The molecule has 15 heavy (non-hydrogen) atoms. The Labute approximate surface area is 87.5 Å². The van der Waals surface area contributed by atoms with Crippen molar-refractivity contribution in [3.8, 4) is 5.75 Å². The minimum absolute atomic E-state index is 0.00694. The Morgan fingerprint density at radius 1 is 1.53 bits per heavy atom. The number of phenolic OH excluding ortho intramolecular Hbond substituents is 1. The fraction of sp³-hybridized carbons (Fsp3) is 0.364. The highest BCUT2D eigenvalue weighted by Gasteiger charge is 2.12. The lowest BCUT2D eigenvalue weighted by atomic mass is 10.2. The maximum atomic E-state index is 12.6. The normalized spacial score (nSPS) is 10.0. The number of unbranched alkanes of at least 4 members (excludes halogenated alkanes) is 1. The standard InChI is InChI=1S/C11H13FO3/c1-2-3-6-15-11(14)9-5-4-8(12)7-10(9)13/h4-5,7,13H,2-3,6H2,1H3. The maximum Gasteiger partial charge on any atom is 0.341 e. The van der Waals surface area contributed by atoms with E-state index in [-0.39, 0.29) is 5.56 Å². The van der Waals surface area contributed by atoms with Crippen LogP contribution in [0.1, 0.15) is 30.1 Å². The van der Waals surface area contributed by atoms with Crippen LogP contribution in [0.2, 0.25) is 0 Å². The molecule has 0 heterocycles. The monoisotopic (exact) mass is 212 g/mol. The number of benzene rings is 1. The highest BCUT2D eigenvalue weighted by molar-refractivity contribution is 5.92. The van der Waals surface area contributed by atoms with Crippen LogP contribution < -0.4 is 0 Å². The van der Waals surface area contributed by atoms with Gasteiger partial charge in [0, 0.05) is 6.07 Å². The van der Waals surface area contributed by atoms with Crippen LogP contribution in [0.25, 0.3) is 0 Å². The summed E-state index contributed by atoms with van der Waals surface area (Å²) in [4.78, 5) is 11.3. The molecule has 1 aromatic rings. The average molecular weight is 212 g/mol. The molecule has 0 unspecified atom stereocenters. The van der Waals surface area contributed by atoms with Gasteiger partial charge in [0.05, 0.1) is 6.61 Å². The van der Waals surface area contributed by atoms with Crippen molar-refractivity contribution in [3.05, 3.63) is 29.6 Å². The van der Waals surface area contributed by atoms with Crippen LogP contribution in [0.4, 0.5) is 4.39 Å². The van der Waals surface area contributed by atoms with Crippen molar-refractivity contribution in [2.45, 2.75) is 19.8 Å². The second-order valence-electron chi connectivity index (χ2n) is 3.15. The number of esters is 1. The summed E-state index contributed by atoms with van der Waals surface area (Å²) in [5.74, 6) is -1.60. The number of rotatable bonds is 4. The molecule has 0 saturated carbocycles. The van der Waals surface area contributed by atoms with Crippen molar-refractivity contribution < 1.29 is 19.0 Å². The summed E-state index contributed by atoms with van der Waals surface area (Å²) in [7, 11) is 0. The Hall–Kier alpha value is -1.58. The van der Waals surface area contributed by atoms with Gasteiger partial charge in [0.2, 0.25) is 0 Å². The van der Waals surface area contributed by atoms with Gasteiger partial charge in [0.25, 0.3) is 0 Å². The Balaban J connectivity index is 2.65. The van der Waals surface area contributed by atoms with Crippen LogP contribution >= 0.6 is 0 Å². The molecular weight excluding hydrogens is 199 g/mol. The summed E-state index contributed by atoms with van der Waals surface area (Å²) in [6.07, 6.45) is 1.69. The largest absolute Gasteiger partial charge is 0.507 e. The molecule has 3 nitrogen and oxygen atoms in total. The molecule has 1 N–H and O–H groups in total. The summed E-state index contributed by atoms with van der Waals surface area (Å²) < 4.78 is 17.5. The third-order valence-electron chi connectivity index (χ3n) is 1.91. The predicted molar refractivity (Wildman–Crippen MR) is 53.3 cm³/mol. The van der Waals surface area contributed by atoms with Gasteiger partial charge >= 0.3 is 5.97 Å². The van der Waals surface area contributed by atoms with E-state index in [0.29, 0.717) is 6.61 Å². The zero-order valence-corrected chi connectivity index (χ0v) is 8.50. The van der Waals surface area contributed by atoms with Crippen molar-refractivity contribution in [3.63, 3.8) is 0 Å². The highest BCUT2D eigenvalue weighted by atomic mass is 19.1. The van der Waals surface area contributed by atoms with Crippen molar-refractivity contribution in [2.75, 3.05) is 6.61 Å². The first-order valence-electron chi connectivity index (χ1n) is 4.80. The lowest BCUT2D eigenvalue weighted by Crippen LogP contribution is -2.06. The maximum absolute atomic E-state index is 12.6. The van der Waals surface area contributed by atoms with Gasteiger partial charge in [-0.2, -0.15) is 0 Å². The lowest BCUT2D eigenvalue weighted by molar-refractivity contribution is 0.0496. The number of hydrogen-bond donors (Lipinski definition) is 1. The van der Waals surface area contributed by atoms with Gasteiger partial charge in [-0.05, 0) is 18.6 Å². The minimum atomic E-state index is -0.624. The Morgan fingerprint density at radius 3 is 2.87 bits per heavy atom. The third kappa shape index (κ3) is 3.23. The molecule has 0 amide bonds. The van der Waals surface area contributed by atoms with E-state index in [9.17, 15) is 14.3 Å². The summed E-state index contributed by atoms with van der Waals surface area (Å²) in [5.41, 5.74) is -0.00694. The number of halogens is 1. The number of phenols is 1. The third-order valence-corrected chi connectivity index (χ3v) is 1.91. The fourth-order valence-electron chi connectivity index (χ4n) is 1.06. The van der Waals surface area contributed by atoms with E-state index in [2.05, 4.69) is 0 Å². The molecule has 82 valence electrons. The smallest absolute Gasteiger partial charge is 0.341 e. The van der Waals surface area contributed by atoms with E-state index in [0.717, 1.165) is 25.0 Å². The SMILES string of the molecule is CCCCOC(=O)c1ccc(F)cc1O. The molecule has 0 saturated heterocycles. The van der Waals surface area contributed by atoms with Gasteiger partial charge < -0.3 is 9.84 Å². The van der Waals surface area contributed by atoms with Gasteiger partial charge in [0.15, 0.2) is 0 Å². The molecule has 0 aliphatic rings. The summed E-state index contributed by atoms with van der Waals surface area (Å²) in [6.45, 7) is 2.29. The molecule has 4 heteroatoms. The van der Waals surface area contributed by atoms with Crippen molar-refractivity contribution in [2.24, 2.45) is 0 Å². The summed E-state index contributed by atoms with van der Waals surface area (Å²) in [6, 6.07) is 3.20. The van der Waals surface area contributed by atoms with Gasteiger partial charge in [-0.3, -0.25) is 0 Å². The Kier molecular flexibility index (Phi) is 4.09. The van der Waals surface area contributed by atoms with Gasteiger partial charge in [-0.1, -0.05) is 13.3 Å². The first-order valence-corrected chi connectivity index (χ1v) is 4.80. The van der Waals surface area contributed by atoms with Crippen molar-refractivity contribution in [1.82, 2.24) is 0 Å². The van der Waals surface area contributed by atoms with E-state index >= 15 is 0 Å². The molecule has 1 rings (SSSR count). The van der Waals surface area contributed by atoms with Gasteiger partial charge in [-0.25, -0.2) is 9.18 Å². The summed E-state index contributed by atoms with van der Waals surface area (Å²) in [5, 5.41) is 9.28. The molecule has 0 aliphatic heterocycles. The quantitative estimate of drug-likeness (QED) is 0.616. The van der Waals surface area contributed by atoms with E-state index in [1.54, 1.807) is 0 Å². The molecule has 0 radical (unpaired) electrons. The lowest BCUT2D eigenvalue weighted by Gasteiger charge is -2.05. The zero-order chi connectivity index (χ0) is 11.3. The number of carbonyl (C=O) groups is 1. The van der Waals surface area contributed by atoms with E-state index in [1.807, 2.05) is 6.92 Å². The van der Waals surface area contributed by atoms with Crippen LogP contribution in [0.3, 0.4) is 0 Å². The van der Waals surface area contributed by atoms with Crippen LogP contribution in [-0.2, 0) is 4.74 Å². The molecule has 0 bridgehead atoms. The van der Waals surface area contributed by atoms with Crippen LogP contribution in [0, 0.1) is 5.82 Å². The van der Waals surface area contributed by atoms with Crippen molar-refractivity contribution >= 4 is 5.97 Å². The fourth-order valence-corrected chi connectivity index (χ4v) is 1.06. The first-order chi connectivity index (χ1) is 7.15. The number of hydrogen-bond acceptors (Lipinski definition) is 3. The average Bonchev–Trinajstić information content (AvgIpc) is 2.17. The Morgan fingerprint density at radius 2 is 2.27 bits per heavy atom. The number of aromatic hydroxyl groups is 1. The topological polar surface area (TPSA) is 46.5 Å². The zero-order valence-electron chi connectivity index (χ0n) is 8.50. The van der Waals surface area contributed by atoms with Gasteiger partial charge in [0.1, 0.15) is 17.1 Å². The molecule has 0 aliphatic carbocycles. The van der Waals surface area contributed by atoms with Crippen LogP contribution in [-0.4, -0.2) is 17.7 Å². The van der Waals surface area contributed by atoms with E-state index in [1.165, 1.54) is 6.07 Å². The van der Waals surface area contributed by atoms with Gasteiger partial charge in [-0.15, -0.1) is 0 Å². The molecule has 0 atom stereocenters. The highest BCUT2D eigenvalue weighted by Crippen LogP contribution is 2.18. The summed E-state index contributed by atoms with van der Waals surface area (Å²) >= 11 is 0. The second-order valence-corrected chi connectivity index (χ2v) is 3.15. The first kappa shape index (κ1) is 11.5. The molecular formula is C11H13FO3.